The van der Waals surface area contributed by atoms with Crippen molar-refractivity contribution in [1.82, 2.24) is 0 Å². The molecule has 2 aliphatic heterocycles. The van der Waals surface area contributed by atoms with Crippen LogP contribution in [0.4, 0.5) is 0 Å². The monoisotopic (exact) mass is 604 g/mol. The minimum atomic E-state index is -1.37. The van der Waals surface area contributed by atoms with Crippen LogP contribution < -0.4 is 0 Å². The Kier molecular flexibility index (Phi) is 17.5. The summed E-state index contributed by atoms with van der Waals surface area (Å²) in [6, 6.07) is 0. The van der Waals surface area contributed by atoms with E-state index in [1.54, 1.807) is 0 Å². The molecule has 12 heteroatoms. The highest BCUT2D eigenvalue weighted by atomic mass is 16.7. The number of rotatable bonds is 19. The number of hydrogen-bond acceptors (Lipinski definition) is 12. The van der Waals surface area contributed by atoms with Crippen LogP contribution in [0.1, 0.15) is 105 Å². The predicted octanol–water partition coefficient (Wildman–Crippen LogP) is 3.32. The van der Waals surface area contributed by atoms with Crippen LogP contribution >= 0.6 is 0 Å². The highest BCUT2D eigenvalue weighted by Gasteiger charge is 2.49. The lowest BCUT2D eigenvalue weighted by molar-refractivity contribution is -0.330. The lowest BCUT2D eigenvalue weighted by Crippen LogP contribution is -2.61. The first-order chi connectivity index (χ1) is 20.1. The standard InChI is InChI=1S/C30H52O12/c1-5-6-7-8-9-10-11-12-13-14-15-16-17-36-29-27(40-21(3)32)25(35)24(19-38-29)42-30-28(41-22(4)33)26(39-20(2)31)23(34)18-37-30/h23-30,34-35H,5-19H2,1-4H3/t23-,24-,25-,26-,27+,28+,29+,30-/m1/s1. The highest BCUT2D eigenvalue weighted by molar-refractivity contribution is 5.67. The summed E-state index contributed by atoms with van der Waals surface area (Å²) in [7, 11) is 0. The molecule has 0 aromatic heterocycles. The van der Waals surface area contributed by atoms with Gasteiger partial charge in [0.2, 0.25) is 0 Å². The molecule has 2 rings (SSSR count). The SMILES string of the molecule is CCCCCCCCCCCCCCO[C@H]1OC[C@@H](O[C@H]2OC[C@@H](O)[C@@H](OC(C)=O)[C@@H]2OC(C)=O)[C@@H](O)[C@@H]1OC(C)=O. The largest absolute Gasteiger partial charge is 0.455 e. The molecule has 0 radical (unpaired) electrons. The van der Waals surface area contributed by atoms with Crippen molar-refractivity contribution in [2.75, 3.05) is 19.8 Å². The van der Waals surface area contributed by atoms with Crippen molar-refractivity contribution in [3.63, 3.8) is 0 Å². The molecule has 244 valence electrons. The number of carbonyl (C=O) groups excluding carboxylic acids is 3. The number of hydrogen-bond donors (Lipinski definition) is 2. The fraction of sp³-hybridized carbons (Fsp3) is 0.900. The Balaban J connectivity index is 1.81. The van der Waals surface area contributed by atoms with Gasteiger partial charge in [0, 0.05) is 27.4 Å². The molecule has 0 aromatic carbocycles. The lowest BCUT2D eigenvalue weighted by atomic mass is 10.0. The molecule has 0 amide bonds. The zero-order chi connectivity index (χ0) is 30.9. The summed E-state index contributed by atoms with van der Waals surface area (Å²) in [6.07, 6.45) is 4.83. The Morgan fingerprint density at radius 2 is 1.12 bits per heavy atom. The number of aliphatic hydroxyl groups excluding tert-OH is 2. The average molecular weight is 605 g/mol. The van der Waals surface area contributed by atoms with Gasteiger partial charge in [-0.2, -0.15) is 0 Å². The summed E-state index contributed by atoms with van der Waals surface area (Å²) in [4.78, 5) is 35.1. The van der Waals surface area contributed by atoms with Gasteiger partial charge in [0.15, 0.2) is 30.9 Å². The molecular weight excluding hydrogens is 552 g/mol. The zero-order valence-electron chi connectivity index (χ0n) is 25.7. The van der Waals surface area contributed by atoms with E-state index in [4.69, 9.17) is 33.2 Å². The van der Waals surface area contributed by atoms with Gasteiger partial charge in [-0.25, -0.2) is 0 Å². The van der Waals surface area contributed by atoms with Crippen LogP contribution in [0.25, 0.3) is 0 Å². The Labute approximate surface area is 249 Å². The third kappa shape index (κ3) is 13.2. The summed E-state index contributed by atoms with van der Waals surface area (Å²) < 4.78 is 38.7. The Hall–Kier alpha value is -1.83. The van der Waals surface area contributed by atoms with Crippen molar-refractivity contribution in [1.29, 1.82) is 0 Å². The normalized spacial score (nSPS) is 29.6. The molecule has 0 aromatic rings. The first-order valence-electron chi connectivity index (χ1n) is 15.5. The fourth-order valence-electron chi connectivity index (χ4n) is 5.18. The molecule has 2 saturated heterocycles. The maximum atomic E-state index is 11.8. The summed E-state index contributed by atoms with van der Waals surface area (Å²) in [6.45, 7) is 5.71. The molecule has 42 heavy (non-hydrogen) atoms. The van der Waals surface area contributed by atoms with Crippen LogP contribution in [-0.2, 0) is 47.5 Å². The van der Waals surface area contributed by atoms with Crippen LogP contribution in [0, 0.1) is 0 Å². The van der Waals surface area contributed by atoms with E-state index in [1.165, 1.54) is 64.7 Å². The minimum absolute atomic E-state index is 0.143. The van der Waals surface area contributed by atoms with E-state index < -0.39 is 67.1 Å². The number of unbranched alkanes of at least 4 members (excludes halogenated alkanes) is 11. The minimum Gasteiger partial charge on any atom is -0.455 e. The van der Waals surface area contributed by atoms with Gasteiger partial charge in [0.05, 0.1) is 13.2 Å². The second kappa shape index (κ2) is 20.2. The molecule has 0 saturated carbocycles. The molecule has 2 fully saturated rings. The number of ether oxygens (including phenoxy) is 7. The van der Waals surface area contributed by atoms with Gasteiger partial charge in [-0.15, -0.1) is 0 Å². The van der Waals surface area contributed by atoms with E-state index in [0.29, 0.717) is 6.61 Å². The van der Waals surface area contributed by atoms with Crippen molar-refractivity contribution >= 4 is 17.9 Å². The summed E-state index contributed by atoms with van der Waals surface area (Å²) in [5.41, 5.74) is 0. The van der Waals surface area contributed by atoms with Crippen LogP contribution in [-0.4, -0.2) is 97.1 Å². The molecule has 2 heterocycles. The van der Waals surface area contributed by atoms with Gasteiger partial charge in [0.25, 0.3) is 0 Å². The van der Waals surface area contributed by atoms with Gasteiger partial charge < -0.3 is 43.4 Å². The first kappa shape index (κ1) is 36.4. The third-order valence-electron chi connectivity index (χ3n) is 7.31. The van der Waals surface area contributed by atoms with Crippen LogP contribution in [0.15, 0.2) is 0 Å². The number of carbonyl (C=O) groups is 3. The Morgan fingerprint density at radius 3 is 1.67 bits per heavy atom. The van der Waals surface area contributed by atoms with Crippen molar-refractivity contribution in [3.8, 4) is 0 Å². The molecular formula is C30H52O12. The van der Waals surface area contributed by atoms with E-state index >= 15 is 0 Å². The van der Waals surface area contributed by atoms with Gasteiger partial charge in [-0.05, 0) is 6.42 Å². The van der Waals surface area contributed by atoms with Crippen LogP contribution in [0.2, 0.25) is 0 Å². The van der Waals surface area contributed by atoms with Crippen molar-refractivity contribution in [3.05, 3.63) is 0 Å². The van der Waals surface area contributed by atoms with Gasteiger partial charge >= 0.3 is 17.9 Å². The van der Waals surface area contributed by atoms with Crippen molar-refractivity contribution in [2.24, 2.45) is 0 Å². The zero-order valence-corrected chi connectivity index (χ0v) is 25.7. The van der Waals surface area contributed by atoms with Gasteiger partial charge in [0.1, 0.15) is 18.3 Å². The maximum absolute atomic E-state index is 11.8. The lowest BCUT2D eigenvalue weighted by Gasteiger charge is -2.43. The van der Waals surface area contributed by atoms with Gasteiger partial charge in [-0.3, -0.25) is 14.4 Å². The topological polar surface area (TPSA) is 156 Å². The molecule has 2 aliphatic rings. The van der Waals surface area contributed by atoms with E-state index in [1.807, 2.05) is 0 Å². The first-order valence-corrected chi connectivity index (χ1v) is 15.5. The number of esters is 3. The van der Waals surface area contributed by atoms with Gasteiger partial charge in [-0.1, -0.05) is 77.6 Å². The summed E-state index contributed by atoms with van der Waals surface area (Å²) in [5, 5.41) is 21.3. The molecule has 0 bridgehead atoms. The van der Waals surface area contributed by atoms with E-state index in [0.717, 1.165) is 33.1 Å². The second-order valence-electron chi connectivity index (χ2n) is 11.1. The molecule has 2 N–H and O–H groups in total. The van der Waals surface area contributed by atoms with E-state index in [9.17, 15) is 24.6 Å². The van der Waals surface area contributed by atoms with E-state index in [2.05, 4.69) is 6.92 Å². The Morgan fingerprint density at radius 1 is 0.643 bits per heavy atom. The van der Waals surface area contributed by atoms with Crippen LogP contribution in [0.3, 0.4) is 0 Å². The van der Waals surface area contributed by atoms with Crippen molar-refractivity contribution < 1.29 is 57.8 Å². The number of aliphatic hydroxyl groups is 2. The molecule has 0 unspecified atom stereocenters. The summed E-state index contributed by atoms with van der Waals surface area (Å²) >= 11 is 0. The summed E-state index contributed by atoms with van der Waals surface area (Å²) in [5.74, 6) is -2.04. The molecule has 0 spiro atoms. The predicted molar refractivity (Wildman–Crippen MR) is 150 cm³/mol. The smallest absolute Gasteiger partial charge is 0.303 e. The molecule has 12 nitrogen and oxygen atoms in total. The molecule has 8 atom stereocenters. The van der Waals surface area contributed by atoms with E-state index in [-0.39, 0.29) is 13.2 Å². The molecule has 0 aliphatic carbocycles. The average Bonchev–Trinajstić information content (AvgIpc) is 2.92. The highest BCUT2D eigenvalue weighted by Crippen LogP contribution is 2.28. The quantitative estimate of drug-likeness (QED) is 0.126. The third-order valence-corrected chi connectivity index (χ3v) is 7.31. The van der Waals surface area contributed by atoms with Crippen LogP contribution in [0.5, 0.6) is 0 Å². The van der Waals surface area contributed by atoms with Crippen molar-refractivity contribution in [2.45, 2.75) is 154 Å². The maximum Gasteiger partial charge on any atom is 0.303 e. The second-order valence-corrected chi connectivity index (χ2v) is 11.1. The Bertz CT molecular complexity index is 792. The fourth-order valence-corrected chi connectivity index (χ4v) is 5.18.